The number of allylic oxidation sites excluding steroid dienone is 20. The Balaban J connectivity index is 4.49. The molecule has 0 fully saturated rings. The maximum atomic E-state index is 12.6. The van der Waals surface area contributed by atoms with E-state index in [0.717, 1.165) is 83.5 Å². The third-order valence-corrected chi connectivity index (χ3v) is 9.06. The second kappa shape index (κ2) is 42.5. The summed E-state index contributed by atoms with van der Waals surface area (Å²) in [4.78, 5) is 35.0. The Labute approximate surface area is 356 Å². The number of aliphatic hydroxyl groups is 2. The molecule has 0 radical (unpaired) electrons. The molecular weight excluding hydrogens is 767 g/mol. The monoisotopic (exact) mass is 843 g/mol. The van der Waals surface area contributed by atoms with E-state index >= 15 is 0 Å². The molecule has 332 valence electrons. The minimum atomic E-state index is -4.65. The average Bonchev–Trinajstić information content (AvgIpc) is 3.22. The second-order valence-electron chi connectivity index (χ2n) is 13.6. The van der Waals surface area contributed by atoms with Crippen molar-refractivity contribution in [3.8, 4) is 0 Å². The molecule has 0 aromatic carbocycles. The van der Waals surface area contributed by atoms with Gasteiger partial charge in [0.15, 0.2) is 6.10 Å². The lowest BCUT2D eigenvalue weighted by Gasteiger charge is -2.20. The third-order valence-electron chi connectivity index (χ3n) is 8.11. The number of unbranched alkanes of at least 4 members (excludes halogenated alkanes) is 4. The Kier molecular flexibility index (Phi) is 39.9. The van der Waals surface area contributed by atoms with Crippen molar-refractivity contribution in [3.63, 3.8) is 0 Å². The highest BCUT2D eigenvalue weighted by atomic mass is 31.2. The number of phosphoric acid groups is 1. The van der Waals surface area contributed by atoms with Crippen LogP contribution in [-0.4, -0.2) is 65.7 Å². The zero-order valence-corrected chi connectivity index (χ0v) is 36.8. The standard InChI is InChI=1S/C48H75O10P/c1-3-5-7-9-11-13-15-17-19-21-22-24-25-27-29-31-33-35-37-39-47(51)55-43-46(44-57-59(53,54)56-42-45(50)41-49)58-48(52)40-38-36-34-32-30-28-26-23-20-18-16-14-12-10-8-6-4-2/h5-8,11-14,17-20,22,24,26-29,32,34,45-46,49-50H,3-4,9-10,15-16,21,23,25,30-31,33,35-44H2,1-2H3,(H,53,54)/b7-5+,8-6+,13-11+,14-12+,19-17+,20-18+,24-22+,28-26+,29-27+,34-32+/t45-,46+/m0/s1. The van der Waals surface area contributed by atoms with E-state index in [2.05, 4.69) is 128 Å². The van der Waals surface area contributed by atoms with Crippen LogP contribution in [0.25, 0.3) is 0 Å². The van der Waals surface area contributed by atoms with Gasteiger partial charge in [0.1, 0.15) is 12.7 Å². The van der Waals surface area contributed by atoms with Crippen LogP contribution < -0.4 is 0 Å². The van der Waals surface area contributed by atoms with Crippen molar-refractivity contribution in [2.24, 2.45) is 0 Å². The van der Waals surface area contributed by atoms with E-state index in [1.54, 1.807) is 0 Å². The van der Waals surface area contributed by atoms with Crippen LogP contribution in [0.1, 0.15) is 129 Å². The van der Waals surface area contributed by atoms with Gasteiger partial charge in [-0.1, -0.05) is 142 Å². The van der Waals surface area contributed by atoms with E-state index in [4.69, 9.17) is 19.1 Å². The molecule has 0 amide bonds. The van der Waals surface area contributed by atoms with Gasteiger partial charge in [-0.2, -0.15) is 0 Å². The molecule has 0 heterocycles. The molecule has 0 aliphatic heterocycles. The molecule has 0 bridgehead atoms. The number of carbonyl (C=O) groups excluding carboxylic acids is 2. The first-order chi connectivity index (χ1) is 28.7. The van der Waals surface area contributed by atoms with Gasteiger partial charge < -0.3 is 24.6 Å². The highest BCUT2D eigenvalue weighted by Crippen LogP contribution is 2.43. The van der Waals surface area contributed by atoms with Crippen molar-refractivity contribution >= 4 is 19.8 Å². The molecule has 0 aromatic heterocycles. The molecule has 0 spiro atoms. The van der Waals surface area contributed by atoms with E-state index in [-0.39, 0.29) is 19.4 Å². The molecule has 0 rings (SSSR count). The minimum absolute atomic E-state index is 0.0899. The Hall–Kier alpha value is -3.63. The summed E-state index contributed by atoms with van der Waals surface area (Å²) < 4.78 is 32.6. The van der Waals surface area contributed by atoms with Crippen molar-refractivity contribution in [2.45, 2.75) is 142 Å². The maximum absolute atomic E-state index is 12.6. The molecule has 0 saturated heterocycles. The Morgan fingerprint density at radius 2 is 0.898 bits per heavy atom. The molecule has 0 saturated carbocycles. The lowest BCUT2D eigenvalue weighted by atomic mass is 10.1. The van der Waals surface area contributed by atoms with Crippen molar-refractivity contribution in [1.29, 1.82) is 0 Å². The minimum Gasteiger partial charge on any atom is -0.462 e. The van der Waals surface area contributed by atoms with Gasteiger partial charge in [0.25, 0.3) is 0 Å². The summed E-state index contributed by atoms with van der Waals surface area (Å²) in [5.41, 5.74) is 0. The quantitative estimate of drug-likeness (QED) is 0.0237. The number of carbonyl (C=O) groups is 2. The van der Waals surface area contributed by atoms with Gasteiger partial charge in [0, 0.05) is 12.8 Å². The third kappa shape index (κ3) is 42.3. The largest absolute Gasteiger partial charge is 0.472 e. The van der Waals surface area contributed by atoms with Gasteiger partial charge in [0.2, 0.25) is 0 Å². The molecule has 11 heteroatoms. The summed E-state index contributed by atoms with van der Waals surface area (Å²) in [5, 5.41) is 18.3. The fourth-order valence-corrected chi connectivity index (χ4v) is 5.67. The van der Waals surface area contributed by atoms with E-state index in [1.165, 1.54) is 0 Å². The summed E-state index contributed by atoms with van der Waals surface area (Å²) in [6.07, 6.45) is 54.6. The first-order valence-corrected chi connectivity index (χ1v) is 23.0. The Morgan fingerprint density at radius 3 is 1.34 bits per heavy atom. The number of hydrogen-bond acceptors (Lipinski definition) is 9. The van der Waals surface area contributed by atoms with Gasteiger partial charge >= 0.3 is 19.8 Å². The maximum Gasteiger partial charge on any atom is 0.472 e. The van der Waals surface area contributed by atoms with E-state index < -0.39 is 51.8 Å². The van der Waals surface area contributed by atoms with Gasteiger partial charge in [-0.3, -0.25) is 18.6 Å². The zero-order valence-electron chi connectivity index (χ0n) is 35.9. The normalized spacial score (nSPS) is 15.0. The van der Waals surface area contributed by atoms with E-state index in [0.29, 0.717) is 19.3 Å². The van der Waals surface area contributed by atoms with Crippen LogP contribution in [0.4, 0.5) is 0 Å². The van der Waals surface area contributed by atoms with Crippen molar-refractivity contribution in [3.05, 3.63) is 122 Å². The summed E-state index contributed by atoms with van der Waals surface area (Å²) in [6, 6.07) is 0. The van der Waals surface area contributed by atoms with Gasteiger partial charge in [-0.05, 0) is 96.3 Å². The number of aliphatic hydroxyl groups excluding tert-OH is 2. The smallest absolute Gasteiger partial charge is 0.462 e. The van der Waals surface area contributed by atoms with Crippen LogP contribution in [0.15, 0.2) is 122 Å². The highest BCUT2D eigenvalue weighted by molar-refractivity contribution is 7.47. The van der Waals surface area contributed by atoms with Crippen LogP contribution >= 0.6 is 7.82 Å². The van der Waals surface area contributed by atoms with E-state index in [9.17, 15) is 24.2 Å². The van der Waals surface area contributed by atoms with Crippen LogP contribution in [0, 0.1) is 0 Å². The molecule has 0 aliphatic carbocycles. The SMILES string of the molecule is CC/C=C/C/C=C/C/C=C/C/C=C/C/C=C/CCCCCC(=O)OC[C@H](COP(=O)(O)OC[C@@H](O)CO)OC(=O)CCC/C=C/C/C=C/C/C=C/C/C=C/C/C=C/CC. The first kappa shape index (κ1) is 55.4. The molecular formula is C48H75O10P. The predicted octanol–water partition coefficient (Wildman–Crippen LogP) is 11.6. The average molecular weight is 843 g/mol. The topological polar surface area (TPSA) is 149 Å². The molecule has 0 aliphatic rings. The summed E-state index contributed by atoms with van der Waals surface area (Å²) >= 11 is 0. The number of rotatable bonds is 38. The second-order valence-corrected chi connectivity index (χ2v) is 15.1. The highest BCUT2D eigenvalue weighted by Gasteiger charge is 2.27. The van der Waals surface area contributed by atoms with Crippen LogP contribution in [0.2, 0.25) is 0 Å². The number of phosphoric ester groups is 1. The van der Waals surface area contributed by atoms with E-state index in [1.807, 2.05) is 12.2 Å². The van der Waals surface area contributed by atoms with Crippen molar-refractivity contribution in [2.75, 3.05) is 26.4 Å². The molecule has 1 unspecified atom stereocenters. The summed E-state index contributed by atoms with van der Waals surface area (Å²) in [5.74, 6) is -1.05. The lowest BCUT2D eigenvalue weighted by molar-refractivity contribution is -0.161. The number of ether oxygens (including phenoxy) is 2. The summed E-state index contributed by atoms with van der Waals surface area (Å²) in [6.45, 7) is 2.01. The molecule has 10 nitrogen and oxygen atoms in total. The fourth-order valence-electron chi connectivity index (χ4n) is 4.88. The number of esters is 2. The van der Waals surface area contributed by atoms with Crippen LogP contribution in [0.5, 0.6) is 0 Å². The Bertz CT molecular complexity index is 1390. The first-order valence-electron chi connectivity index (χ1n) is 21.5. The van der Waals surface area contributed by atoms with Gasteiger partial charge in [0.05, 0.1) is 19.8 Å². The van der Waals surface area contributed by atoms with Crippen molar-refractivity contribution in [1.82, 2.24) is 0 Å². The summed E-state index contributed by atoms with van der Waals surface area (Å²) in [7, 11) is -4.65. The van der Waals surface area contributed by atoms with Crippen molar-refractivity contribution < 1.29 is 47.8 Å². The lowest BCUT2D eigenvalue weighted by Crippen LogP contribution is -2.29. The number of hydrogen-bond donors (Lipinski definition) is 3. The van der Waals surface area contributed by atoms with Crippen LogP contribution in [0.3, 0.4) is 0 Å². The molecule has 3 atom stereocenters. The fraction of sp³-hybridized carbons (Fsp3) is 0.542. The van der Waals surface area contributed by atoms with Gasteiger partial charge in [-0.25, -0.2) is 4.57 Å². The predicted molar refractivity (Wildman–Crippen MR) is 242 cm³/mol. The molecule has 3 N–H and O–H groups in total. The Morgan fingerprint density at radius 1 is 0.508 bits per heavy atom. The van der Waals surface area contributed by atoms with Crippen LogP contribution in [-0.2, 0) is 32.7 Å². The zero-order chi connectivity index (χ0) is 43.3. The molecule has 59 heavy (non-hydrogen) atoms. The molecule has 0 aromatic rings. The van der Waals surface area contributed by atoms with Gasteiger partial charge in [-0.15, -0.1) is 0 Å².